The average molecular weight is 363 g/mol. The third-order valence-electron chi connectivity index (χ3n) is 3.32. The van der Waals surface area contributed by atoms with Gasteiger partial charge in [0.15, 0.2) is 0 Å². The van der Waals surface area contributed by atoms with Gasteiger partial charge < -0.3 is 5.32 Å². The van der Waals surface area contributed by atoms with Gasteiger partial charge >= 0.3 is 0 Å². The van der Waals surface area contributed by atoms with Crippen molar-refractivity contribution in [3.8, 4) is 0 Å². The fourth-order valence-electron chi connectivity index (χ4n) is 2.13. The van der Waals surface area contributed by atoms with Crippen molar-refractivity contribution >= 4 is 52.1 Å². The quantitative estimate of drug-likeness (QED) is 0.607. The standard InChI is InChI=1S/C16H15Cl4N/c1-3-15(11-5-4-10(17)7-13(11)19)21-16-8-12(18)9(2)6-14(16)20/h4-8,15,21H,3H2,1-2H3. The Hall–Kier alpha value is -0.600. The van der Waals surface area contributed by atoms with Crippen LogP contribution < -0.4 is 5.32 Å². The van der Waals surface area contributed by atoms with Gasteiger partial charge in [0.2, 0.25) is 0 Å². The van der Waals surface area contributed by atoms with E-state index >= 15 is 0 Å². The van der Waals surface area contributed by atoms with E-state index in [1.807, 2.05) is 31.2 Å². The van der Waals surface area contributed by atoms with Gasteiger partial charge in [-0.25, -0.2) is 0 Å². The van der Waals surface area contributed by atoms with Crippen LogP contribution in [0.3, 0.4) is 0 Å². The molecular weight excluding hydrogens is 348 g/mol. The highest BCUT2D eigenvalue weighted by molar-refractivity contribution is 6.36. The van der Waals surface area contributed by atoms with E-state index in [0.717, 1.165) is 23.2 Å². The lowest BCUT2D eigenvalue weighted by atomic mass is 10.0. The molecule has 0 saturated carbocycles. The minimum absolute atomic E-state index is 0.0334. The summed E-state index contributed by atoms with van der Waals surface area (Å²) in [6, 6.07) is 9.22. The molecule has 0 radical (unpaired) electrons. The lowest BCUT2D eigenvalue weighted by Crippen LogP contribution is -2.10. The lowest BCUT2D eigenvalue weighted by molar-refractivity contribution is 0.749. The fourth-order valence-corrected chi connectivity index (χ4v) is 3.11. The summed E-state index contributed by atoms with van der Waals surface area (Å²) in [5, 5.41) is 5.97. The largest absolute Gasteiger partial charge is 0.377 e. The van der Waals surface area contributed by atoms with Crippen LogP contribution in [0.2, 0.25) is 20.1 Å². The van der Waals surface area contributed by atoms with Crippen LogP contribution in [-0.4, -0.2) is 0 Å². The van der Waals surface area contributed by atoms with Crippen molar-refractivity contribution in [2.45, 2.75) is 26.3 Å². The summed E-state index contributed by atoms with van der Waals surface area (Å²) in [5.41, 5.74) is 2.73. The zero-order valence-corrected chi connectivity index (χ0v) is 14.7. The summed E-state index contributed by atoms with van der Waals surface area (Å²) in [7, 11) is 0. The third-order valence-corrected chi connectivity index (χ3v) is 4.61. The fraction of sp³-hybridized carbons (Fsp3) is 0.250. The maximum absolute atomic E-state index is 6.28. The summed E-state index contributed by atoms with van der Waals surface area (Å²) in [6.07, 6.45) is 0.850. The monoisotopic (exact) mass is 361 g/mol. The number of nitrogens with one attached hydrogen (secondary N) is 1. The average Bonchev–Trinajstić information content (AvgIpc) is 2.42. The van der Waals surface area contributed by atoms with Gasteiger partial charge in [-0.2, -0.15) is 0 Å². The van der Waals surface area contributed by atoms with Crippen molar-refractivity contribution < 1.29 is 0 Å². The molecule has 2 rings (SSSR count). The van der Waals surface area contributed by atoms with Crippen molar-refractivity contribution in [2.75, 3.05) is 5.32 Å². The molecule has 5 heteroatoms. The van der Waals surface area contributed by atoms with E-state index in [1.54, 1.807) is 6.07 Å². The Morgan fingerprint density at radius 3 is 2.29 bits per heavy atom. The van der Waals surface area contributed by atoms with Crippen LogP contribution in [0.5, 0.6) is 0 Å². The van der Waals surface area contributed by atoms with Crippen molar-refractivity contribution in [1.29, 1.82) is 0 Å². The minimum Gasteiger partial charge on any atom is -0.377 e. The molecule has 2 aromatic carbocycles. The number of anilines is 1. The molecule has 0 aliphatic carbocycles. The zero-order valence-electron chi connectivity index (χ0n) is 11.7. The highest BCUT2D eigenvalue weighted by atomic mass is 35.5. The lowest BCUT2D eigenvalue weighted by Gasteiger charge is -2.21. The molecular formula is C16H15Cl4N. The predicted molar refractivity (Wildman–Crippen MR) is 94.3 cm³/mol. The second kappa shape index (κ2) is 7.11. The first-order valence-corrected chi connectivity index (χ1v) is 8.10. The smallest absolute Gasteiger partial charge is 0.0641 e. The molecule has 0 aliphatic rings. The van der Waals surface area contributed by atoms with E-state index in [-0.39, 0.29) is 6.04 Å². The molecule has 0 spiro atoms. The molecule has 21 heavy (non-hydrogen) atoms. The van der Waals surface area contributed by atoms with E-state index < -0.39 is 0 Å². The van der Waals surface area contributed by atoms with Gasteiger partial charge in [0.25, 0.3) is 0 Å². The second-order valence-corrected chi connectivity index (χ2v) is 6.51. The zero-order chi connectivity index (χ0) is 15.6. The summed E-state index contributed by atoms with van der Waals surface area (Å²) < 4.78 is 0. The number of halogens is 4. The SMILES string of the molecule is CCC(Nc1cc(Cl)c(C)cc1Cl)c1ccc(Cl)cc1Cl. The molecule has 1 nitrogen and oxygen atoms in total. The first-order chi connectivity index (χ1) is 9.92. The molecule has 0 fully saturated rings. The van der Waals surface area contributed by atoms with Crippen LogP contribution in [-0.2, 0) is 0 Å². The Labute approximate surface area is 145 Å². The van der Waals surface area contributed by atoms with Gasteiger partial charge in [-0.05, 0) is 48.7 Å². The molecule has 0 amide bonds. The first kappa shape index (κ1) is 16.8. The van der Waals surface area contributed by atoms with Crippen molar-refractivity contribution in [2.24, 2.45) is 0 Å². The van der Waals surface area contributed by atoms with Gasteiger partial charge in [-0.3, -0.25) is 0 Å². The highest BCUT2D eigenvalue weighted by Gasteiger charge is 2.15. The Morgan fingerprint density at radius 2 is 1.67 bits per heavy atom. The molecule has 0 saturated heterocycles. The van der Waals surface area contributed by atoms with E-state index in [4.69, 9.17) is 46.4 Å². The van der Waals surface area contributed by atoms with Gasteiger partial charge in [-0.15, -0.1) is 0 Å². The topological polar surface area (TPSA) is 12.0 Å². The van der Waals surface area contributed by atoms with E-state index in [2.05, 4.69) is 12.2 Å². The van der Waals surface area contributed by atoms with Crippen LogP contribution in [0.4, 0.5) is 5.69 Å². The number of aryl methyl sites for hydroxylation is 1. The van der Waals surface area contributed by atoms with Crippen LogP contribution in [0.1, 0.15) is 30.5 Å². The van der Waals surface area contributed by atoms with Gasteiger partial charge in [-0.1, -0.05) is 59.4 Å². The van der Waals surface area contributed by atoms with E-state index in [9.17, 15) is 0 Å². The predicted octanol–water partition coefficient (Wildman–Crippen LogP) is 7.17. The van der Waals surface area contributed by atoms with E-state index in [1.165, 1.54) is 0 Å². The van der Waals surface area contributed by atoms with Crippen LogP contribution in [0.25, 0.3) is 0 Å². The molecule has 0 aromatic heterocycles. The molecule has 2 aromatic rings. The van der Waals surface area contributed by atoms with Gasteiger partial charge in [0.05, 0.1) is 16.8 Å². The number of benzene rings is 2. The van der Waals surface area contributed by atoms with Crippen LogP contribution >= 0.6 is 46.4 Å². The first-order valence-electron chi connectivity index (χ1n) is 6.59. The van der Waals surface area contributed by atoms with Crippen LogP contribution in [0, 0.1) is 6.92 Å². The maximum Gasteiger partial charge on any atom is 0.0641 e. The summed E-state index contributed by atoms with van der Waals surface area (Å²) >= 11 is 24.7. The Bertz CT molecular complexity index is 655. The van der Waals surface area contributed by atoms with Crippen LogP contribution in [0.15, 0.2) is 30.3 Å². The number of hydrogen-bond acceptors (Lipinski definition) is 1. The van der Waals surface area contributed by atoms with E-state index in [0.29, 0.717) is 20.1 Å². The van der Waals surface area contributed by atoms with Crippen molar-refractivity contribution in [3.63, 3.8) is 0 Å². The normalized spacial score (nSPS) is 12.3. The molecule has 0 heterocycles. The molecule has 0 aliphatic heterocycles. The molecule has 0 bridgehead atoms. The number of hydrogen-bond donors (Lipinski definition) is 1. The Morgan fingerprint density at radius 1 is 0.952 bits per heavy atom. The summed E-state index contributed by atoms with van der Waals surface area (Å²) in [6.45, 7) is 4.00. The summed E-state index contributed by atoms with van der Waals surface area (Å²) in [4.78, 5) is 0. The Balaban J connectivity index is 2.33. The maximum atomic E-state index is 6.28. The van der Waals surface area contributed by atoms with Gasteiger partial charge in [0.1, 0.15) is 0 Å². The van der Waals surface area contributed by atoms with Crippen molar-refractivity contribution in [1.82, 2.24) is 0 Å². The molecule has 1 N–H and O–H groups in total. The second-order valence-electron chi connectivity index (χ2n) is 4.85. The molecule has 1 atom stereocenters. The summed E-state index contributed by atoms with van der Waals surface area (Å²) in [5.74, 6) is 0. The molecule has 112 valence electrons. The third kappa shape index (κ3) is 3.98. The minimum atomic E-state index is 0.0334. The molecule has 1 unspecified atom stereocenters. The van der Waals surface area contributed by atoms with Gasteiger partial charge in [0, 0.05) is 15.1 Å². The number of rotatable bonds is 4. The Kier molecular flexibility index (Phi) is 5.67. The van der Waals surface area contributed by atoms with Crippen molar-refractivity contribution in [3.05, 3.63) is 61.5 Å². The highest BCUT2D eigenvalue weighted by Crippen LogP contribution is 2.35.